The molecule has 0 saturated heterocycles. The molecule has 0 saturated carbocycles. The lowest BCUT2D eigenvalue weighted by Gasteiger charge is -2.06. The maximum atomic E-state index is 4.31. The number of aryl methyl sites for hydroxylation is 1. The molecule has 1 heterocycles. The fourth-order valence-corrected chi connectivity index (χ4v) is 2.03. The normalized spacial score (nSPS) is 11.1. The number of thiazole rings is 1. The molecule has 0 spiro atoms. The summed E-state index contributed by atoms with van der Waals surface area (Å²) in [5.74, 6) is 0.720. The number of nitrogens with zero attached hydrogens (tertiary/aromatic N) is 1. The van der Waals surface area contributed by atoms with Crippen LogP contribution in [0.4, 0.5) is 0 Å². The third kappa shape index (κ3) is 3.44. The topological polar surface area (TPSA) is 24.9 Å². The summed E-state index contributed by atoms with van der Waals surface area (Å²) in [6.45, 7) is 8.66. The summed E-state index contributed by atoms with van der Waals surface area (Å²) in [5.41, 5.74) is 3.19. The lowest BCUT2D eigenvalue weighted by atomic mass is 10.2. The fourth-order valence-electron chi connectivity index (χ4n) is 1.20. The summed E-state index contributed by atoms with van der Waals surface area (Å²) in [6, 6.07) is 0. The average Bonchev–Trinajstić information content (AvgIpc) is 2.51. The first-order chi connectivity index (χ1) is 6.24. The van der Waals surface area contributed by atoms with E-state index in [1.807, 2.05) is 5.51 Å². The molecular weight excluding hydrogens is 180 g/mol. The lowest BCUT2D eigenvalue weighted by molar-refractivity contribution is 0.553. The largest absolute Gasteiger partial charge is 0.312 e. The number of hydrogen-bond acceptors (Lipinski definition) is 3. The van der Waals surface area contributed by atoms with E-state index in [9.17, 15) is 0 Å². The van der Waals surface area contributed by atoms with Gasteiger partial charge in [0.2, 0.25) is 0 Å². The molecule has 1 N–H and O–H groups in total. The van der Waals surface area contributed by atoms with Crippen molar-refractivity contribution < 1.29 is 0 Å². The summed E-state index contributed by atoms with van der Waals surface area (Å²) in [6.07, 6.45) is 1.04. The zero-order chi connectivity index (χ0) is 9.68. The van der Waals surface area contributed by atoms with Crippen LogP contribution in [0, 0.1) is 5.92 Å². The second-order valence-electron chi connectivity index (χ2n) is 3.60. The predicted molar refractivity (Wildman–Crippen MR) is 58.0 cm³/mol. The van der Waals surface area contributed by atoms with E-state index in [1.54, 1.807) is 11.3 Å². The highest BCUT2D eigenvalue weighted by Gasteiger charge is 2.03. The van der Waals surface area contributed by atoms with Crippen molar-refractivity contribution in [3.63, 3.8) is 0 Å². The molecule has 74 valence electrons. The Morgan fingerprint density at radius 1 is 1.54 bits per heavy atom. The minimum Gasteiger partial charge on any atom is -0.312 e. The van der Waals surface area contributed by atoms with Crippen LogP contribution in [0.3, 0.4) is 0 Å². The quantitative estimate of drug-likeness (QED) is 0.786. The summed E-state index contributed by atoms with van der Waals surface area (Å²) < 4.78 is 0. The Balaban J connectivity index is 2.36. The Morgan fingerprint density at radius 3 is 2.92 bits per heavy atom. The molecule has 0 radical (unpaired) electrons. The molecule has 0 aliphatic heterocycles. The molecule has 0 aliphatic rings. The van der Waals surface area contributed by atoms with E-state index in [-0.39, 0.29) is 0 Å². The van der Waals surface area contributed by atoms with Gasteiger partial charge in [0.1, 0.15) is 0 Å². The maximum Gasteiger partial charge on any atom is 0.0798 e. The Bertz CT molecular complexity index is 243. The third-order valence-electron chi connectivity index (χ3n) is 1.90. The Morgan fingerprint density at radius 2 is 2.31 bits per heavy atom. The second kappa shape index (κ2) is 5.35. The van der Waals surface area contributed by atoms with Gasteiger partial charge in [-0.25, -0.2) is 4.98 Å². The van der Waals surface area contributed by atoms with Gasteiger partial charge >= 0.3 is 0 Å². The predicted octanol–water partition coefficient (Wildman–Crippen LogP) is 2.45. The Hall–Kier alpha value is -0.410. The average molecular weight is 198 g/mol. The molecule has 0 unspecified atom stereocenters. The number of nitrogens with one attached hydrogen (secondary N) is 1. The molecule has 13 heavy (non-hydrogen) atoms. The lowest BCUT2D eigenvalue weighted by Crippen LogP contribution is -2.18. The molecule has 1 rings (SSSR count). The van der Waals surface area contributed by atoms with Crippen LogP contribution in [0.25, 0.3) is 0 Å². The molecule has 0 bridgehead atoms. The minimum atomic E-state index is 0.720. The number of hydrogen-bond donors (Lipinski definition) is 1. The summed E-state index contributed by atoms with van der Waals surface area (Å²) in [4.78, 5) is 5.70. The van der Waals surface area contributed by atoms with Crippen LogP contribution < -0.4 is 5.32 Å². The van der Waals surface area contributed by atoms with Gasteiger partial charge in [-0.2, -0.15) is 0 Å². The number of rotatable bonds is 5. The third-order valence-corrected chi connectivity index (χ3v) is 2.77. The molecule has 2 nitrogen and oxygen atoms in total. The van der Waals surface area contributed by atoms with Gasteiger partial charge < -0.3 is 5.32 Å². The first kappa shape index (κ1) is 10.7. The highest BCUT2D eigenvalue weighted by molar-refractivity contribution is 7.09. The molecular formula is C10H18N2S. The molecule has 3 heteroatoms. The van der Waals surface area contributed by atoms with Crippen molar-refractivity contribution in [2.24, 2.45) is 5.92 Å². The van der Waals surface area contributed by atoms with Crippen molar-refractivity contribution in [3.05, 3.63) is 16.1 Å². The van der Waals surface area contributed by atoms with E-state index in [4.69, 9.17) is 0 Å². The van der Waals surface area contributed by atoms with Gasteiger partial charge in [0.05, 0.1) is 11.2 Å². The van der Waals surface area contributed by atoms with E-state index < -0.39 is 0 Å². The van der Waals surface area contributed by atoms with E-state index in [0.717, 1.165) is 25.4 Å². The molecule has 0 aliphatic carbocycles. The van der Waals surface area contributed by atoms with Gasteiger partial charge in [-0.15, -0.1) is 11.3 Å². The zero-order valence-corrected chi connectivity index (χ0v) is 9.45. The zero-order valence-electron chi connectivity index (χ0n) is 8.63. The van der Waals surface area contributed by atoms with Gasteiger partial charge in [0.15, 0.2) is 0 Å². The molecule has 0 amide bonds. The van der Waals surface area contributed by atoms with Crippen LogP contribution in [0.1, 0.15) is 31.3 Å². The van der Waals surface area contributed by atoms with E-state index in [2.05, 4.69) is 31.1 Å². The smallest absolute Gasteiger partial charge is 0.0798 e. The Labute approximate surface area is 84.4 Å². The molecule has 0 aromatic carbocycles. The summed E-state index contributed by atoms with van der Waals surface area (Å²) in [5, 5.41) is 3.43. The molecule has 1 aromatic heterocycles. The second-order valence-corrected chi connectivity index (χ2v) is 4.54. The summed E-state index contributed by atoms with van der Waals surface area (Å²) in [7, 11) is 0. The first-order valence-electron chi connectivity index (χ1n) is 4.86. The standard InChI is InChI=1S/C10H18N2S/c1-4-9-10(13-7-12-9)6-11-5-8(2)3/h7-8,11H,4-6H2,1-3H3. The molecule has 1 aromatic rings. The molecule has 0 atom stereocenters. The van der Waals surface area contributed by atoms with E-state index in [1.165, 1.54) is 10.6 Å². The van der Waals surface area contributed by atoms with Crippen molar-refractivity contribution in [2.45, 2.75) is 33.7 Å². The van der Waals surface area contributed by atoms with Crippen LogP contribution in [0.15, 0.2) is 5.51 Å². The highest BCUT2D eigenvalue weighted by Crippen LogP contribution is 2.13. The van der Waals surface area contributed by atoms with Crippen LogP contribution in [0.5, 0.6) is 0 Å². The highest BCUT2D eigenvalue weighted by atomic mass is 32.1. The van der Waals surface area contributed by atoms with Crippen molar-refractivity contribution >= 4 is 11.3 Å². The molecule has 0 fully saturated rings. The monoisotopic (exact) mass is 198 g/mol. The van der Waals surface area contributed by atoms with Crippen LogP contribution in [-0.4, -0.2) is 11.5 Å². The van der Waals surface area contributed by atoms with Crippen molar-refractivity contribution in [3.8, 4) is 0 Å². The minimum absolute atomic E-state index is 0.720. The number of aromatic nitrogens is 1. The first-order valence-corrected chi connectivity index (χ1v) is 5.74. The van der Waals surface area contributed by atoms with Gasteiger partial charge in [-0.05, 0) is 18.9 Å². The fraction of sp³-hybridized carbons (Fsp3) is 0.700. The van der Waals surface area contributed by atoms with Crippen LogP contribution in [0.2, 0.25) is 0 Å². The van der Waals surface area contributed by atoms with Crippen molar-refractivity contribution in [1.82, 2.24) is 10.3 Å². The van der Waals surface area contributed by atoms with Crippen LogP contribution in [-0.2, 0) is 13.0 Å². The van der Waals surface area contributed by atoms with Gasteiger partial charge in [0.25, 0.3) is 0 Å². The summed E-state index contributed by atoms with van der Waals surface area (Å²) >= 11 is 1.75. The van der Waals surface area contributed by atoms with Gasteiger partial charge in [-0.1, -0.05) is 20.8 Å². The van der Waals surface area contributed by atoms with E-state index >= 15 is 0 Å². The Kier molecular flexibility index (Phi) is 4.39. The van der Waals surface area contributed by atoms with E-state index in [0.29, 0.717) is 0 Å². The SMILES string of the molecule is CCc1ncsc1CNCC(C)C. The van der Waals surface area contributed by atoms with Crippen LogP contribution >= 0.6 is 11.3 Å². The maximum absolute atomic E-state index is 4.31. The van der Waals surface area contributed by atoms with Gasteiger partial charge in [-0.3, -0.25) is 0 Å². The van der Waals surface area contributed by atoms with Crippen molar-refractivity contribution in [1.29, 1.82) is 0 Å². The van der Waals surface area contributed by atoms with Gasteiger partial charge in [0, 0.05) is 11.4 Å². The van der Waals surface area contributed by atoms with Crippen molar-refractivity contribution in [2.75, 3.05) is 6.54 Å².